The van der Waals surface area contributed by atoms with Crippen LogP contribution in [0.25, 0.3) is 11.1 Å². The zero-order valence-electron chi connectivity index (χ0n) is 19.0. The Morgan fingerprint density at radius 1 is 0.806 bits per heavy atom. The Morgan fingerprint density at radius 2 is 1.33 bits per heavy atom. The summed E-state index contributed by atoms with van der Waals surface area (Å²) in [6.07, 6.45) is -0.647. The number of imide groups is 1. The Hall–Kier alpha value is -4.11. The van der Waals surface area contributed by atoms with Crippen molar-refractivity contribution in [2.75, 3.05) is 18.2 Å². The molecule has 0 aromatic heterocycles. The van der Waals surface area contributed by atoms with E-state index in [1.54, 1.807) is 12.1 Å². The Morgan fingerprint density at radius 3 is 1.92 bits per heavy atom. The van der Waals surface area contributed by atoms with Gasteiger partial charge in [0.15, 0.2) is 0 Å². The van der Waals surface area contributed by atoms with Crippen LogP contribution in [0.15, 0.2) is 72.8 Å². The Labute approximate surface area is 210 Å². The molecular weight excluding hydrogens is 480 g/mol. The van der Waals surface area contributed by atoms with E-state index in [0.29, 0.717) is 5.06 Å². The molecule has 36 heavy (non-hydrogen) atoms. The van der Waals surface area contributed by atoms with Crippen LogP contribution in [0.2, 0.25) is 0 Å². The summed E-state index contributed by atoms with van der Waals surface area (Å²) < 4.78 is 5.69. The number of hydrogen-bond acceptors (Lipinski definition) is 7. The molecule has 3 aliphatic rings. The van der Waals surface area contributed by atoms with Crippen LogP contribution in [-0.2, 0) is 14.4 Å². The fourth-order valence-electron chi connectivity index (χ4n) is 4.90. The van der Waals surface area contributed by atoms with Crippen LogP contribution in [0.1, 0.15) is 37.8 Å². The van der Waals surface area contributed by atoms with Crippen LogP contribution in [0.5, 0.6) is 0 Å². The maximum absolute atomic E-state index is 13.0. The van der Waals surface area contributed by atoms with Crippen LogP contribution in [0.4, 0.5) is 4.79 Å². The maximum Gasteiger partial charge on any atom is 0.411 e. The Balaban J connectivity index is 1.14. The second-order valence-corrected chi connectivity index (χ2v) is 9.65. The first-order valence-electron chi connectivity index (χ1n) is 11.4. The lowest BCUT2D eigenvalue weighted by atomic mass is 9.98. The number of ether oxygens (including phenoxy) is 1. The molecule has 1 atom stereocenters. The molecular formula is C27H20N2O6S. The van der Waals surface area contributed by atoms with E-state index in [9.17, 15) is 19.2 Å². The molecule has 0 saturated carbocycles. The van der Waals surface area contributed by atoms with Gasteiger partial charge >= 0.3 is 12.1 Å². The molecule has 0 N–H and O–H groups in total. The van der Waals surface area contributed by atoms with E-state index >= 15 is 0 Å². The van der Waals surface area contributed by atoms with Crippen molar-refractivity contribution < 1.29 is 28.8 Å². The van der Waals surface area contributed by atoms with Crippen molar-refractivity contribution >= 4 is 35.6 Å². The largest absolute Gasteiger partial charge is 0.448 e. The average Bonchev–Trinajstić information content (AvgIpc) is 3.59. The summed E-state index contributed by atoms with van der Waals surface area (Å²) in [6, 6.07) is 21.3. The molecule has 0 spiro atoms. The van der Waals surface area contributed by atoms with Gasteiger partial charge in [0.05, 0.1) is 17.0 Å². The average molecular weight is 501 g/mol. The standard InChI is InChI=1S/C27H20N2O6S/c30-24-20-11-5-6-12-21(20)25(31)29(24)35-26(32)23-14-36-15-28(23)27(33)34-13-22-18-9-3-1-7-16(18)17-8-2-4-10-19(17)22/h1-12,22-23H,13-15H2/t23-/m1/s1. The minimum absolute atomic E-state index is 0.111. The topological polar surface area (TPSA) is 93.2 Å². The molecule has 1 saturated heterocycles. The molecule has 180 valence electrons. The predicted molar refractivity (Wildman–Crippen MR) is 131 cm³/mol. The quantitative estimate of drug-likeness (QED) is 0.499. The number of carbonyl (C=O) groups is 4. The molecule has 0 unspecified atom stereocenters. The fraction of sp³-hybridized carbons (Fsp3) is 0.185. The number of hydroxylamine groups is 2. The monoisotopic (exact) mass is 500 g/mol. The predicted octanol–water partition coefficient (Wildman–Crippen LogP) is 4.06. The molecule has 1 aliphatic carbocycles. The van der Waals surface area contributed by atoms with E-state index in [1.807, 2.05) is 36.4 Å². The SMILES string of the molecule is O=C(ON1C(=O)c2ccccc2C1=O)[C@H]1CSCN1C(=O)OCC1c2ccccc2-c2ccccc21. The smallest absolute Gasteiger partial charge is 0.411 e. The highest BCUT2D eigenvalue weighted by Gasteiger charge is 2.43. The summed E-state index contributed by atoms with van der Waals surface area (Å²) >= 11 is 1.36. The number of rotatable bonds is 4. The van der Waals surface area contributed by atoms with Gasteiger partial charge in [-0.25, -0.2) is 9.59 Å². The lowest BCUT2D eigenvalue weighted by Crippen LogP contribution is -2.46. The Bertz CT molecular complexity index is 1340. The first-order valence-corrected chi connectivity index (χ1v) is 12.6. The summed E-state index contributed by atoms with van der Waals surface area (Å²) in [5, 5.41) is 0.464. The van der Waals surface area contributed by atoms with Gasteiger partial charge in [-0.05, 0) is 34.4 Å². The number of nitrogens with zero attached hydrogens (tertiary/aromatic N) is 2. The van der Waals surface area contributed by atoms with Crippen LogP contribution in [0.3, 0.4) is 0 Å². The van der Waals surface area contributed by atoms with Gasteiger partial charge in [0.1, 0.15) is 12.6 Å². The molecule has 3 amide bonds. The Kier molecular flexibility index (Phi) is 5.49. The van der Waals surface area contributed by atoms with Gasteiger partial charge in [0.25, 0.3) is 11.8 Å². The van der Waals surface area contributed by atoms with Crippen molar-refractivity contribution in [2.24, 2.45) is 0 Å². The van der Waals surface area contributed by atoms with Gasteiger partial charge in [-0.15, -0.1) is 11.8 Å². The van der Waals surface area contributed by atoms with Crippen molar-refractivity contribution in [1.29, 1.82) is 0 Å². The first kappa shape index (κ1) is 22.4. The van der Waals surface area contributed by atoms with Crippen molar-refractivity contribution in [3.05, 3.63) is 95.1 Å². The van der Waals surface area contributed by atoms with E-state index < -0.39 is 29.9 Å². The third-order valence-electron chi connectivity index (χ3n) is 6.66. The molecule has 3 aromatic carbocycles. The number of thioether (sulfide) groups is 1. The molecule has 0 radical (unpaired) electrons. The van der Waals surface area contributed by atoms with Gasteiger partial charge in [-0.3, -0.25) is 14.5 Å². The van der Waals surface area contributed by atoms with Gasteiger partial charge in [-0.2, -0.15) is 0 Å². The molecule has 3 aromatic rings. The highest BCUT2D eigenvalue weighted by Crippen LogP contribution is 2.44. The third kappa shape index (κ3) is 3.54. The molecule has 0 bridgehead atoms. The molecule has 1 fully saturated rings. The number of hydrogen-bond donors (Lipinski definition) is 0. The maximum atomic E-state index is 13.0. The summed E-state index contributed by atoms with van der Waals surface area (Å²) in [4.78, 5) is 57.5. The van der Waals surface area contributed by atoms with Crippen LogP contribution in [-0.4, -0.2) is 58.1 Å². The lowest BCUT2D eigenvalue weighted by Gasteiger charge is -2.24. The highest BCUT2D eigenvalue weighted by molar-refractivity contribution is 7.99. The number of amides is 3. The van der Waals surface area contributed by atoms with Crippen molar-refractivity contribution in [2.45, 2.75) is 12.0 Å². The van der Waals surface area contributed by atoms with E-state index in [4.69, 9.17) is 9.57 Å². The van der Waals surface area contributed by atoms with Gasteiger partial charge < -0.3 is 9.57 Å². The second kappa shape index (κ2) is 8.83. The van der Waals surface area contributed by atoms with E-state index in [2.05, 4.69) is 12.1 Å². The van der Waals surface area contributed by atoms with Crippen LogP contribution >= 0.6 is 11.8 Å². The zero-order chi connectivity index (χ0) is 24.8. The van der Waals surface area contributed by atoms with Gasteiger partial charge in [-0.1, -0.05) is 65.7 Å². The van der Waals surface area contributed by atoms with Crippen molar-refractivity contribution in [3.8, 4) is 11.1 Å². The fourth-order valence-corrected chi connectivity index (χ4v) is 6.02. The summed E-state index contributed by atoms with van der Waals surface area (Å²) in [5.41, 5.74) is 4.75. The van der Waals surface area contributed by atoms with Crippen molar-refractivity contribution in [3.63, 3.8) is 0 Å². The normalized spacial score (nSPS) is 18.2. The van der Waals surface area contributed by atoms with E-state index in [0.717, 1.165) is 22.3 Å². The molecule has 8 nitrogen and oxygen atoms in total. The second-order valence-electron chi connectivity index (χ2n) is 8.65. The summed E-state index contributed by atoms with van der Waals surface area (Å²) in [5.74, 6) is -1.88. The molecule has 6 rings (SSSR count). The van der Waals surface area contributed by atoms with E-state index in [-0.39, 0.29) is 35.3 Å². The number of fused-ring (bicyclic) bond motifs is 4. The lowest BCUT2D eigenvalue weighted by molar-refractivity contribution is -0.172. The molecule has 2 heterocycles. The zero-order valence-corrected chi connectivity index (χ0v) is 19.8. The van der Waals surface area contributed by atoms with Gasteiger partial charge in [0.2, 0.25) is 0 Å². The summed E-state index contributed by atoms with van der Waals surface area (Å²) in [6.45, 7) is 0.119. The highest BCUT2D eigenvalue weighted by atomic mass is 32.2. The summed E-state index contributed by atoms with van der Waals surface area (Å²) in [7, 11) is 0. The van der Waals surface area contributed by atoms with Gasteiger partial charge in [0, 0.05) is 11.7 Å². The minimum atomic E-state index is -0.977. The van der Waals surface area contributed by atoms with Crippen molar-refractivity contribution in [1.82, 2.24) is 9.96 Å². The number of benzene rings is 3. The van der Waals surface area contributed by atoms with Crippen LogP contribution in [0, 0.1) is 0 Å². The third-order valence-corrected chi connectivity index (χ3v) is 7.68. The van der Waals surface area contributed by atoms with E-state index in [1.165, 1.54) is 28.8 Å². The van der Waals surface area contributed by atoms with Crippen LogP contribution < -0.4 is 0 Å². The minimum Gasteiger partial charge on any atom is -0.448 e. The molecule has 9 heteroatoms. The molecule has 2 aliphatic heterocycles. The first-order chi connectivity index (χ1) is 17.5. The number of carbonyl (C=O) groups excluding carboxylic acids is 4.